The van der Waals surface area contributed by atoms with E-state index in [-0.39, 0.29) is 12.2 Å². The van der Waals surface area contributed by atoms with Crippen molar-refractivity contribution in [1.82, 2.24) is 4.98 Å². The molecule has 0 radical (unpaired) electrons. The molecule has 0 spiro atoms. The average molecular weight is 177 g/mol. The second-order valence-corrected chi connectivity index (χ2v) is 3.55. The molecule has 0 amide bonds. The largest absolute Gasteiger partial charge is 0.481 e. The first-order valence-electron chi connectivity index (χ1n) is 4.72. The first-order chi connectivity index (χ1) is 6.43. The SMILES string of the molecule is c1cnc2c(c1)O[C@@H]1CCC[C@@H]1O2. The zero-order valence-electron chi connectivity index (χ0n) is 7.27. The molecule has 13 heavy (non-hydrogen) atoms. The topological polar surface area (TPSA) is 31.4 Å². The molecule has 2 aliphatic rings. The van der Waals surface area contributed by atoms with E-state index in [4.69, 9.17) is 9.47 Å². The number of rotatable bonds is 0. The Morgan fingerprint density at radius 2 is 2.08 bits per heavy atom. The maximum Gasteiger partial charge on any atom is 0.257 e. The van der Waals surface area contributed by atoms with Crippen LogP contribution in [0.5, 0.6) is 11.6 Å². The summed E-state index contributed by atoms with van der Waals surface area (Å²) in [6.45, 7) is 0. The third kappa shape index (κ3) is 1.07. The Hall–Kier alpha value is -1.25. The highest BCUT2D eigenvalue weighted by atomic mass is 16.6. The number of pyridine rings is 1. The Kier molecular flexibility index (Phi) is 1.45. The molecular formula is C10H11NO2. The summed E-state index contributed by atoms with van der Waals surface area (Å²) in [5.41, 5.74) is 0. The van der Waals surface area contributed by atoms with Crippen molar-refractivity contribution in [2.24, 2.45) is 0 Å². The fourth-order valence-electron chi connectivity index (χ4n) is 2.02. The van der Waals surface area contributed by atoms with Gasteiger partial charge in [-0.1, -0.05) is 0 Å². The smallest absolute Gasteiger partial charge is 0.257 e. The van der Waals surface area contributed by atoms with Gasteiger partial charge < -0.3 is 9.47 Å². The molecule has 0 N–H and O–H groups in total. The molecule has 1 saturated carbocycles. The second-order valence-electron chi connectivity index (χ2n) is 3.55. The summed E-state index contributed by atoms with van der Waals surface area (Å²) in [5, 5.41) is 0. The van der Waals surface area contributed by atoms with Gasteiger partial charge >= 0.3 is 0 Å². The predicted molar refractivity (Wildman–Crippen MR) is 46.9 cm³/mol. The van der Waals surface area contributed by atoms with Crippen LogP contribution in [0.15, 0.2) is 18.3 Å². The maximum absolute atomic E-state index is 5.77. The standard InChI is InChI=1S/C10H11NO2/c1-3-7-8(4-1)13-10-9(12-7)5-2-6-11-10/h2,5-8H,1,3-4H2/t7-,8+/m1/s1. The molecule has 3 heteroatoms. The van der Waals surface area contributed by atoms with Crippen LogP contribution in [0.3, 0.4) is 0 Å². The van der Waals surface area contributed by atoms with E-state index >= 15 is 0 Å². The normalized spacial score (nSPS) is 29.8. The minimum Gasteiger partial charge on any atom is -0.481 e. The van der Waals surface area contributed by atoms with Gasteiger partial charge in [-0.3, -0.25) is 0 Å². The number of hydrogen-bond donors (Lipinski definition) is 0. The molecule has 68 valence electrons. The van der Waals surface area contributed by atoms with Crippen LogP contribution in [0.25, 0.3) is 0 Å². The highest BCUT2D eigenvalue weighted by molar-refractivity contribution is 5.34. The summed E-state index contributed by atoms with van der Waals surface area (Å²) < 4.78 is 11.5. The summed E-state index contributed by atoms with van der Waals surface area (Å²) >= 11 is 0. The molecule has 0 bridgehead atoms. The van der Waals surface area contributed by atoms with E-state index in [0.29, 0.717) is 5.88 Å². The van der Waals surface area contributed by atoms with Gasteiger partial charge in [0.15, 0.2) is 5.75 Å². The van der Waals surface area contributed by atoms with Crippen molar-refractivity contribution >= 4 is 0 Å². The molecule has 1 aliphatic carbocycles. The second kappa shape index (κ2) is 2.62. The summed E-state index contributed by atoms with van der Waals surface area (Å²) in [4.78, 5) is 4.13. The van der Waals surface area contributed by atoms with Crippen molar-refractivity contribution in [2.45, 2.75) is 31.5 Å². The van der Waals surface area contributed by atoms with Crippen LogP contribution in [0.1, 0.15) is 19.3 Å². The van der Waals surface area contributed by atoms with Crippen LogP contribution in [0.2, 0.25) is 0 Å². The highest BCUT2D eigenvalue weighted by Gasteiger charge is 2.35. The number of ether oxygens (including phenoxy) is 2. The zero-order chi connectivity index (χ0) is 8.67. The number of fused-ring (bicyclic) bond motifs is 2. The van der Waals surface area contributed by atoms with Crippen molar-refractivity contribution < 1.29 is 9.47 Å². The number of nitrogens with zero attached hydrogens (tertiary/aromatic N) is 1. The molecule has 1 fully saturated rings. The van der Waals surface area contributed by atoms with Crippen molar-refractivity contribution in [3.63, 3.8) is 0 Å². The Morgan fingerprint density at radius 3 is 3.00 bits per heavy atom. The van der Waals surface area contributed by atoms with E-state index in [1.807, 2.05) is 12.1 Å². The molecule has 1 aliphatic heterocycles. The lowest BCUT2D eigenvalue weighted by Crippen LogP contribution is -2.35. The third-order valence-electron chi connectivity index (χ3n) is 2.67. The summed E-state index contributed by atoms with van der Waals surface area (Å²) in [5.74, 6) is 1.45. The maximum atomic E-state index is 5.77. The molecule has 3 rings (SSSR count). The van der Waals surface area contributed by atoms with Crippen LogP contribution in [-0.4, -0.2) is 17.2 Å². The van der Waals surface area contributed by atoms with Crippen molar-refractivity contribution in [2.75, 3.05) is 0 Å². The lowest BCUT2D eigenvalue weighted by Gasteiger charge is -2.28. The molecule has 3 nitrogen and oxygen atoms in total. The van der Waals surface area contributed by atoms with E-state index in [1.54, 1.807) is 6.20 Å². The molecule has 1 aromatic heterocycles. The molecule has 0 saturated heterocycles. The lowest BCUT2D eigenvalue weighted by atomic mass is 10.2. The molecule has 0 unspecified atom stereocenters. The summed E-state index contributed by atoms with van der Waals surface area (Å²) in [7, 11) is 0. The minimum atomic E-state index is 0.238. The monoisotopic (exact) mass is 177 g/mol. The fourth-order valence-corrected chi connectivity index (χ4v) is 2.02. The van der Waals surface area contributed by atoms with E-state index in [2.05, 4.69) is 4.98 Å². The number of hydrogen-bond acceptors (Lipinski definition) is 3. The lowest BCUT2D eigenvalue weighted by molar-refractivity contribution is 0.0382. The summed E-state index contributed by atoms with van der Waals surface area (Å²) in [6, 6.07) is 3.79. The minimum absolute atomic E-state index is 0.238. The van der Waals surface area contributed by atoms with Crippen molar-refractivity contribution in [1.29, 1.82) is 0 Å². The molecule has 2 heterocycles. The van der Waals surface area contributed by atoms with Gasteiger partial charge in [-0.25, -0.2) is 4.98 Å². The Balaban J connectivity index is 1.97. The quantitative estimate of drug-likeness (QED) is 0.605. The Labute approximate surface area is 76.7 Å². The average Bonchev–Trinajstić information content (AvgIpc) is 2.61. The first-order valence-corrected chi connectivity index (χ1v) is 4.72. The number of aromatic nitrogens is 1. The van der Waals surface area contributed by atoms with E-state index in [0.717, 1.165) is 18.6 Å². The van der Waals surface area contributed by atoms with Crippen LogP contribution < -0.4 is 9.47 Å². The van der Waals surface area contributed by atoms with E-state index < -0.39 is 0 Å². The third-order valence-corrected chi connectivity index (χ3v) is 2.67. The van der Waals surface area contributed by atoms with Crippen LogP contribution in [0.4, 0.5) is 0 Å². The van der Waals surface area contributed by atoms with Gasteiger partial charge in [-0.15, -0.1) is 0 Å². The fraction of sp³-hybridized carbons (Fsp3) is 0.500. The molecule has 2 atom stereocenters. The van der Waals surface area contributed by atoms with Gasteiger partial charge in [-0.05, 0) is 31.4 Å². The molecule has 1 aromatic rings. The van der Waals surface area contributed by atoms with Crippen LogP contribution in [0, 0.1) is 0 Å². The zero-order valence-corrected chi connectivity index (χ0v) is 7.27. The van der Waals surface area contributed by atoms with Gasteiger partial charge in [0.05, 0.1) is 0 Å². The Morgan fingerprint density at radius 1 is 1.23 bits per heavy atom. The van der Waals surface area contributed by atoms with E-state index in [1.165, 1.54) is 6.42 Å². The molecule has 0 aromatic carbocycles. The summed E-state index contributed by atoms with van der Waals surface area (Å²) in [6.07, 6.45) is 5.64. The van der Waals surface area contributed by atoms with Crippen molar-refractivity contribution in [3.8, 4) is 11.6 Å². The van der Waals surface area contributed by atoms with Gasteiger partial charge in [0.1, 0.15) is 12.2 Å². The van der Waals surface area contributed by atoms with Crippen LogP contribution >= 0.6 is 0 Å². The highest BCUT2D eigenvalue weighted by Crippen LogP contribution is 2.37. The van der Waals surface area contributed by atoms with Gasteiger partial charge in [0.25, 0.3) is 5.88 Å². The van der Waals surface area contributed by atoms with Gasteiger partial charge in [-0.2, -0.15) is 0 Å². The molecular weight excluding hydrogens is 166 g/mol. The predicted octanol–water partition coefficient (Wildman–Crippen LogP) is 1.77. The van der Waals surface area contributed by atoms with Crippen molar-refractivity contribution in [3.05, 3.63) is 18.3 Å². The van der Waals surface area contributed by atoms with Gasteiger partial charge in [0, 0.05) is 6.20 Å². The van der Waals surface area contributed by atoms with E-state index in [9.17, 15) is 0 Å². The van der Waals surface area contributed by atoms with Crippen LogP contribution in [-0.2, 0) is 0 Å². The first kappa shape index (κ1) is 7.18. The van der Waals surface area contributed by atoms with Gasteiger partial charge in [0.2, 0.25) is 0 Å². The Bertz CT molecular complexity index is 295.